The summed E-state index contributed by atoms with van der Waals surface area (Å²) in [6.45, 7) is 3.93. The number of carboxylic acid groups (broad SMARTS) is 1. The number of amides is 1. The summed E-state index contributed by atoms with van der Waals surface area (Å²) in [5, 5.41) is 12.2. The summed E-state index contributed by atoms with van der Waals surface area (Å²) in [5.41, 5.74) is 7.16. The molecule has 0 unspecified atom stereocenters. The number of ether oxygens (including phenoxy) is 2. The molecule has 170 valence electrons. The molecule has 0 spiro atoms. The minimum absolute atomic E-state index is 0.0856. The Morgan fingerprint density at radius 1 is 0.970 bits per heavy atom. The molecular weight excluding hydrogens is 418 g/mol. The van der Waals surface area contributed by atoms with Crippen LogP contribution in [0.2, 0.25) is 0 Å². The number of benzene rings is 3. The fourth-order valence-electron chi connectivity index (χ4n) is 4.58. The summed E-state index contributed by atoms with van der Waals surface area (Å²) in [4.78, 5) is 24.5. The number of aryl methyl sites for hydroxylation is 2. The summed E-state index contributed by atoms with van der Waals surface area (Å²) in [5.74, 6) is -0.485. The minimum Gasteiger partial charge on any atom is -0.497 e. The number of fused-ring (bicyclic) bond motifs is 3. The van der Waals surface area contributed by atoms with Gasteiger partial charge in [0.1, 0.15) is 18.4 Å². The fraction of sp³-hybridized carbons (Fsp3) is 0.259. The highest BCUT2D eigenvalue weighted by molar-refractivity contribution is 5.81. The Bertz CT molecular complexity index is 1130. The summed E-state index contributed by atoms with van der Waals surface area (Å²) in [6, 6.07) is 18.7. The van der Waals surface area contributed by atoms with Crippen molar-refractivity contribution in [2.45, 2.75) is 32.2 Å². The van der Waals surface area contributed by atoms with E-state index < -0.39 is 18.1 Å². The van der Waals surface area contributed by atoms with Gasteiger partial charge in [0.05, 0.1) is 7.11 Å². The molecule has 1 aliphatic carbocycles. The van der Waals surface area contributed by atoms with Gasteiger partial charge in [-0.1, -0.05) is 48.5 Å². The van der Waals surface area contributed by atoms with Crippen molar-refractivity contribution >= 4 is 12.1 Å². The lowest BCUT2D eigenvalue weighted by Gasteiger charge is -2.19. The molecule has 1 amide bonds. The molecular formula is C27H27NO5. The summed E-state index contributed by atoms with van der Waals surface area (Å²) >= 11 is 0. The molecule has 3 aromatic carbocycles. The van der Waals surface area contributed by atoms with Gasteiger partial charge < -0.3 is 19.9 Å². The Balaban J connectivity index is 1.45. The predicted octanol–water partition coefficient (Wildman–Crippen LogP) is 4.85. The Morgan fingerprint density at radius 3 is 2.03 bits per heavy atom. The van der Waals surface area contributed by atoms with E-state index in [2.05, 4.69) is 17.4 Å². The second-order valence-corrected chi connectivity index (χ2v) is 8.30. The molecule has 33 heavy (non-hydrogen) atoms. The number of methoxy groups -OCH3 is 1. The number of carbonyl (C=O) groups excluding carboxylic acids is 1. The minimum atomic E-state index is -1.11. The number of hydrogen-bond donors (Lipinski definition) is 2. The highest BCUT2D eigenvalue weighted by Gasteiger charge is 2.30. The normalized spacial score (nSPS) is 13.1. The summed E-state index contributed by atoms with van der Waals surface area (Å²) in [6.07, 6.45) is -0.589. The quantitative estimate of drug-likeness (QED) is 0.543. The highest BCUT2D eigenvalue weighted by Crippen LogP contribution is 2.44. The van der Waals surface area contributed by atoms with Crippen LogP contribution in [0.1, 0.15) is 33.7 Å². The molecule has 0 radical (unpaired) electrons. The number of nitrogens with one attached hydrogen (secondary N) is 1. The molecule has 3 aromatic rings. The molecule has 0 aromatic heterocycles. The zero-order valence-corrected chi connectivity index (χ0v) is 18.9. The van der Waals surface area contributed by atoms with Crippen molar-refractivity contribution in [3.05, 3.63) is 88.5 Å². The average Bonchev–Trinajstić information content (AvgIpc) is 3.12. The van der Waals surface area contributed by atoms with E-state index in [0.29, 0.717) is 5.75 Å². The number of rotatable bonds is 7. The monoisotopic (exact) mass is 445 g/mol. The van der Waals surface area contributed by atoms with Gasteiger partial charge in [0, 0.05) is 12.3 Å². The van der Waals surface area contributed by atoms with Gasteiger partial charge in [0.25, 0.3) is 0 Å². The van der Waals surface area contributed by atoms with Gasteiger partial charge in [-0.3, -0.25) is 0 Å². The summed E-state index contributed by atoms with van der Waals surface area (Å²) in [7, 11) is 1.59. The molecule has 4 rings (SSSR count). The first-order valence-corrected chi connectivity index (χ1v) is 10.9. The Hall–Kier alpha value is -3.80. The molecule has 6 heteroatoms. The van der Waals surface area contributed by atoms with Gasteiger partial charge in [-0.25, -0.2) is 9.59 Å². The topological polar surface area (TPSA) is 84.9 Å². The number of carboxylic acids is 1. The number of aliphatic carboxylic acids is 1. The molecule has 0 saturated carbocycles. The standard InChI is InChI=1S/C27H27NO5/c1-16-12-18(32-3)13-17(2)23(16)14-25(26(29)30)28-27(31)33-15-24-21-10-6-4-8-19(21)20-9-5-7-11-22(20)24/h4-13,24-25H,14-15H2,1-3H3,(H,28,31)(H,29,30)/t25-/m0/s1. The van der Waals surface area contributed by atoms with Crippen molar-refractivity contribution in [1.82, 2.24) is 5.32 Å². The third-order valence-electron chi connectivity index (χ3n) is 6.25. The van der Waals surface area contributed by atoms with Gasteiger partial charge in [-0.2, -0.15) is 0 Å². The fourth-order valence-corrected chi connectivity index (χ4v) is 4.58. The van der Waals surface area contributed by atoms with Gasteiger partial charge in [0.2, 0.25) is 0 Å². The van der Waals surface area contributed by atoms with Crippen molar-refractivity contribution in [2.75, 3.05) is 13.7 Å². The van der Waals surface area contributed by atoms with Crippen LogP contribution in [0, 0.1) is 13.8 Å². The number of alkyl carbamates (subject to hydrolysis) is 1. The summed E-state index contributed by atoms with van der Waals surface area (Å²) < 4.78 is 10.8. The van der Waals surface area contributed by atoms with Crippen molar-refractivity contribution in [2.24, 2.45) is 0 Å². The van der Waals surface area contributed by atoms with E-state index in [9.17, 15) is 14.7 Å². The van der Waals surface area contributed by atoms with Crippen molar-refractivity contribution in [1.29, 1.82) is 0 Å². The Morgan fingerprint density at radius 2 is 1.52 bits per heavy atom. The van der Waals surface area contributed by atoms with Crippen LogP contribution in [-0.4, -0.2) is 36.9 Å². The van der Waals surface area contributed by atoms with Crippen molar-refractivity contribution in [3.8, 4) is 16.9 Å². The van der Waals surface area contributed by atoms with Crippen LogP contribution in [0.15, 0.2) is 60.7 Å². The van der Waals surface area contributed by atoms with Crippen LogP contribution in [0.3, 0.4) is 0 Å². The average molecular weight is 446 g/mol. The van der Waals surface area contributed by atoms with E-state index in [1.807, 2.05) is 62.4 Å². The van der Waals surface area contributed by atoms with E-state index in [1.165, 1.54) is 0 Å². The SMILES string of the molecule is COc1cc(C)c(C[C@H](NC(=O)OCC2c3ccccc3-c3ccccc32)C(=O)O)c(C)c1. The number of carbonyl (C=O) groups is 2. The molecule has 0 saturated heterocycles. The maximum absolute atomic E-state index is 12.6. The van der Waals surface area contributed by atoms with Crippen molar-refractivity contribution < 1.29 is 24.2 Å². The third-order valence-corrected chi connectivity index (χ3v) is 6.25. The first-order valence-electron chi connectivity index (χ1n) is 10.9. The molecule has 0 aliphatic heterocycles. The molecule has 6 nitrogen and oxygen atoms in total. The third kappa shape index (κ3) is 4.55. The zero-order chi connectivity index (χ0) is 23.5. The van der Waals surface area contributed by atoms with Crippen LogP contribution in [0.4, 0.5) is 4.79 Å². The van der Waals surface area contributed by atoms with E-state index in [1.54, 1.807) is 7.11 Å². The first-order chi connectivity index (χ1) is 15.9. The van der Waals surface area contributed by atoms with Crippen LogP contribution >= 0.6 is 0 Å². The Kier molecular flexibility index (Phi) is 6.36. The smallest absolute Gasteiger partial charge is 0.407 e. The highest BCUT2D eigenvalue weighted by atomic mass is 16.5. The molecule has 0 fully saturated rings. The first kappa shape index (κ1) is 22.4. The van der Waals surface area contributed by atoms with Crippen LogP contribution in [0.5, 0.6) is 5.75 Å². The van der Waals surface area contributed by atoms with E-state index in [0.717, 1.165) is 38.9 Å². The maximum atomic E-state index is 12.6. The predicted molar refractivity (Wildman–Crippen MR) is 126 cm³/mol. The number of hydrogen-bond acceptors (Lipinski definition) is 4. The van der Waals surface area contributed by atoms with Crippen LogP contribution in [0.25, 0.3) is 11.1 Å². The van der Waals surface area contributed by atoms with Crippen LogP contribution < -0.4 is 10.1 Å². The molecule has 1 atom stereocenters. The Labute approximate surface area is 193 Å². The second-order valence-electron chi connectivity index (χ2n) is 8.30. The van der Waals surface area contributed by atoms with Gasteiger partial charge in [-0.05, 0) is 64.9 Å². The van der Waals surface area contributed by atoms with Gasteiger partial charge in [0.15, 0.2) is 0 Å². The van der Waals surface area contributed by atoms with E-state index in [4.69, 9.17) is 9.47 Å². The molecule has 2 N–H and O–H groups in total. The lowest BCUT2D eigenvalue weighted by Crippen LogP contribution is -2.43. The zero-order valence-electron chi connectivity index (χ0n) is 18.9. The largest absolute Gasteiger partial charge is 0.497 e. The second kappa shape index (κ2) is 9.36. The van der Waals surface area contributed by atoms with Gasteiger partial charge in [-0.15, -0.1) is 0 Å². The lowest BCUT2D eigenvalue weighted by molar-refractivity contribution is -0.139. The van der Waals surface area contributed by atoms with Gasteiger partial charge >= 0.3 is 12.1 Å². The van der Waals surface area contributed by atoms with Crippen LogP contribution in [-0.2, 0) is 16.0 Å². The maximum Gasteiger partial charge on any atom is 0.407 e. The van der Waals surface area contributed by atoms with E-state index in [-0.39, 0.29) is 18.9 Å². The molecule has 0 bridgehead atoms. The lowest BCUT2D eigenvalue weighted by atomic mass is 9.96. The van der Waals surface area contributed by atoms with Crippen molar-refractivity contribution in [3.63, 3.8) is 0 Å². The molecule has 0 heterocycles. The van der Waals surface area contributed by atoms with E-state index >= 15 is 0 Å². The molecule has 1 aliphatic rings.